The molecule has 0 aliphatic rings. The van der Waals surface area contributed by atoms with Crippen molar-refractivity contribution < 1.29 is 0 Å². The van der Waals surface area contributed by atoms with Gasteiger partial charge in [-0.3, -0.25) is 0 Å². The van der Waals surface area contributed by atoms with Gasteiger partial charge in [-0.05, 0) is 45.5 Å². The Hall–Kier alpha value is -8.08. The highest BCUT2D eigenvalue weighted by atomic mass is 14.9. The molecule has 0 aliphatic heterocycles. The first-order valence-corrected chi connectivity index (χ1v) is 20.1. The highest BCUT2D eigenvalue weighted by Crippen LogP contribution is 2.39. The summed E-state index contributed by atoms with van der Waals surface area (Å²) < 4.78 is 0. The third-order valence-electron chi connectivity index (χ3n) is 10.8. The molecule has 4 heteroatoms. The Kier molecular flexibility index (Phi) is 9.92. The van der Waals surface area contributed by atoms with Gasteiger partial charge in [0.25, 0.3) is 0 Å². The lowest BCUT2D eigenvalue weighted by Crippen LogP contribution is -1.96. The van der Waals surface area contributed by atoms with Gasteiger partial charge in [0.2, 0.25) is 0 Å². The van der Waals surface area contributed by atoms with Crippen LogP contribution in [0.3, 0.4) is 0 Å². The molecular formula is C56H38N4. The summed E-state index contributed by atoms with van der Waals surface area (Å²) in [6.07, 6.45) is 0. The van der Waals surface area contributed by atoms with Crippen LogP contribution in [0.25, 0.3) is 101 Å². The van der Waals surface area contributed by atoms with Crippen molar-refractivity contribution in [1.82, 2.24) is 19.9 Å². The maximum atomic E-state index is 5.06. The number of hydrogen-bond acceptors (Lipinski definition) is 4. The van der Waals surface area contributed by atoms with Crippen molar-refractivity contribution in [1.29, 1.82) is 0 Å². The zero-order valence-corrected chi connectivity index (χ0v) is 32.7. The normalized spacial score (nSPS) is 11.0. The summed E-state index contributed by atoms with van der Waals surface area (Å²) in [7, 11) is 0. The van der Waals surface area contributed by atoms with Crippen LogP contribution < -0.4 is 0 Å². The van der Waals surface area contributed by atoms with Crippen LogP contribution in [0.1, 0.15) is 0 Å². The predicted molar refractivity (Wildman–Crippen MR) is 247 cm³/mol. The smallest absolute Gasteiger partial charge is 0.160 e. The molecule has 0 unspecified atom stereocenters. The average Bonchev–Trinajstić information content (AvgIpc) is 3.35. The molecule has 0 amide bonds. The Morgan fingerprint density at radius 3 is 0.733 bits per heavy atom. The van der Waals surface area contributed by atoms with Crippen LogP contribution in [-0.4, -0.2) is 19.9 Å². The molecule has 2 aromatic heterocycles. The summed E-state index contributed by atoms with van der Waals surface area (Å²) in [6, 6.07) is 79.9. The zero-order valence-electron chi connectivity index (χ0n) is 32.7. The monoisotopic (exact) mass is 766 g/mol. The number of nitrogens with zero attached hydrogens (tertiary/aromatic N) is 4. The van der Waals surface area contributed by atoms with Crippen LogP contribution in [0.4, 0.5) is 0 Å². The van der Waals surface area contributed by atoms with Gasteiger partial charge in [0.05, 0.1) is 22.8 Å². The molecule has 0 bridgehead atoms. The van der Waals surface area contributed by atoms with Crippen LogP contribution in [-0.2, 0) is 0 Å². The van der Waals surface area contributed by atoms with Crippen molar-refractivity contribution in [2.75, 3.05) is 0 Å². The first kappa shape index (κ1) is 36.3. The molecule has 2 heterocycles. The fraction of sp³-hybridized carbons (Fsp3) is 0. The second-order valence-electron chi connectivity index (χ2n) is 14.6. The minimum Gasteiger partial charge on any atom is -0.228 e. The van der Waals surface area contributed by atoms with Crippen LogP contribution in [0.2, 0.25) is 0 Å². The second kappa shape index (κ2) is 16.4. The van der Waals surface area contributed by atoms with Crippen LogP contribution >= 0.6 is 0 Å². The van der Waals surface area contributed by atoms with E-state index in [1.165, 1.54) is 11.1 Å². The van der Waals surface area contributed by atoms with E-state index >= 15 is 0 Å². The molecule has 0 fully saturated rings. The molecule has 10 rings (SSSR count). The fourth-order valence-electron chi connectivity index (χ4n) is 7.72. The van der Waals surface area contributed by atoms with Crippen molar-refractivity contribution >= 4 is 0 Å². The largest absolute Gasteiger partial charge is 0.228 e. The van der Waals surface area contributed by atoms with Gasteiger partial charge in [-0.1, -0.05) is 218 Å². The van der Waals surface area contributed by atoms with Gasteiger partial charge in [-0.15, -0.1) is 0 Å². The highest BCUT2D eigenvalue weighted by molar-refractivity contribution is 5.92. The Morgan fingerprint density at radius 2 is 0.417 bits per heavy atom. The molecule has 0 N–H and O–H groups in total. The highest BCUT2D eigenvalue weighted by Gasteiger charge is 2.16. The quantitative estimate of drug-likeness (QED) is 0.147. The SMILES string of the molecule is c1ccc(-c2cc(-c3ccc(-c4ccccc4-c4ccccc4-c4ccc(-c5cc(-c6ccccc6)nc(-c6ccccc6)n5)cc4)cc3)nc(-c3ccccc3)n2)cc1. The van der Waals surface area contributed by atoms with E-state index in [0.717, 1.165) is 78.4 Å². The summed E-state index contributed by atoms with van der Waals surface area (Å²) in [5, 5.41) is 0. The minimum absolute atomic E-state index is 0.705. The van der Waals surface area contributed by atoms with E-state index in [2.05, 4.69) is 158 Å². The van der Waals surface area contributed by atoms with Gasteiger partial charge in [0.15, 0.2) is 11.6 Å². The van der Waals surface area contributed by atoms with Gasteiger partial charge < -0.3 is 0 Å². The molecule has 282 valence electrons. The first-order valence-electron chi connectivity index (χ1n) is 20.1. The lowest BCUT2D eigenvalue weighted by molar-refractivity contribution is 1.18. The van der Waals surface area contributed by atoms with E-state index < -0.39 is 0 Å². The first-order chi connectivity index (χ1) is 29.7. The molecule has 0 saturated heterocycles. The van der Waals surface area contributed by atoms with Crippen molar-refractivity contribution in [3.8, 4) is 101 Å². The third-order valence-corrected chi connectivity index (χ3v) is 10.8. The van der Waals surface area contributed by atoms with Gasteiger partial charge in [-0.25, -0.2) is 19.9 Å². The van der Waals surface area contributed by atoms with Crippen LogP contribution in [0, 0.1) is 0 Å². The molecule has 8 aromatic carbocycles. The molecule has 60 heavy (non-hydrogen) atoms. The predicted octanol–water partition coefficient (Wildman–Crippen LogP) is 14.3. The molecule has 0 radical (unpaired) electrons. The van der Waals surface area contributed by atoms with E-state index in [1.54, 1.807) is 0 Å². The van der Waals surface area contributed by atoms with Crippen LogP contribution in [0.5, 0.6) is 0 Å². The lowest BCUT2D eigenvalue weighted by Gasteiger charge is -2.16. The van der Waals surface area contributed by atoms with Crippen molar-refractivity contribution in [2.24, 2.45) is 0 Å². The zero-order chi connectivity index (χ0) is 40.1. The van der Waals surface area contributed by atoms with Crippen molar-refractivity contribution in [3.05, 3.63) is 231 Å². The second-order valence-corrected chi connectivity index (χ2v) is 14.6. The van der Waals surface area contributed by atoms with E-state index in [1.807, 2.05) is 72.8 Å². The Bertz CT molecular complexity index is 2710. The standard InChI is InChI=1S/C56H38N4/c1-5-17-41(18-6-1)51-37-53(59-55(57-51)45-21-9-3-10-22-45)43-33-29-39(30-34-43)47-25-13-15-27-49(47)50-28-16-14-26-48(50)40-31-35-44(36-32-40)54-38-52(42-19-7-2-8-20-42)58-56(60-54)46-23-11-4-12-24-46/h1-38H. The molecule has 0 aliphatic carbocycles. The maximum absolute atomic E-state index is 5.06. The van der Waals surface area contributed by atoms with Gasteiger partial charge in [0, 0.05) is 33.4 Å². The molecule has 0 atom stereocenters. The van der Waals surface area contributed by atoms with E-state index in [4.69, 9.17) is 19.9 Å². The third kappa shape index (κ3) is 7.53. The summed E-state index contributed by atoms with van der Waals surface area (Å²) in [4.78, 5) is 20.1. The number of hydrogen-bond donors (Lipinski definition) is 0. The van der Waals surface area contributed by atoms with Crippen molar-refractivity contribution in [2.45, 2.75) is 0 Å². The van der Waals surface area contributed by atoms with E-state index in [9.17, 15) is 0 Å². The van der Waals surface area contributed by atoms with Gasteiger partial charge in [-0.2, -0.15) is 0 Å². The molecule has 10 aromatic rings. The summed E-state index contributed by atoms with van der Waals surface area (Å²) in [6.45, 7) is 0. The molecule has 0 saturated carbocycles. The molecular weight excluding hydrogens is 729 g/mol. The van der Waals surface area contributed by atoms with Gasteiger partial charge in [0.1, 0.15) is 0 Å². The average molecular weight is 767 g/mol. The summed E-state index contributed by atoms with van der Waals surface area (Å²) >= 11 is 0. The van der Waals surface area contributed by atoms with E-state index in [-0.39, 0.29) is 0 Å². The summed E-state index contributed by atoms with van der Waals surface area (Å²) in [5.74, 6) is 1.41. The number of aromatic nitrogens is 4. The number of benzene rings is 8. The Labute approximate surface area is 350 Å². The molecule has 4 nitrogen and oxygen atoms in total. The Morgan fingerprint density at radius 1 is 0.183 bits per heavy atom. The topological polar surface area (TPSA) is 51.6 Å². The summed E-state index contributed by atoms with van der Waals surface area (Å²) in [5.41, 5.74) is 16.6. The van der Waals surface area contributed by atoms with Crippen molar-refractivity contribution in [3.63, 3.8) is 0 Å². The minimum atomic E-state index is 0.705. The van der Waals surface area contributed by atoms with E-state index in [0.29, 0.717) is 11.6 Å². The fourth-order valence-corrected chi connectivity index (χ4v) is 7.72. The maximum Gasteiger partial charge on any atom is 0.160 e. The van der Waals surface area contributed by atoms with Gasteiger partial charge >= 0.3 is 0 Å². The van der Waals surface area contributed by atoms with Crippen LogP contribution in [0.15, 0.2) is 231 Å². The molecule has 0 spiro atoms. The Balaban J connectivity index is 0.985. The number of rotatable bonds is 9. The lowest BCUT2D eigenvalue weighted by atomic mass is 9.89.